The normalized spacial score (nSPS) is 17.4. The van der Waals surface area contributed by atoms with E-state index in [1.165, 1.54) is 6.42 Å². The van der Waals surface area contributed by atoms with Crippen molar-refractivity contribution in [1.29, 1.82) is 0 Å². The van der Waals surface area contributed by atoms with Gasteiger partial charge in [0.1, 0.15) is 18.1 Å². The molecule has 0 saturated heterocycles. The first kappa shape index (κ1) is 25.6. The first-order chi connectivity index (χ1) is 14.2. The number of carbonyl (C=O) groups is 3. The molecule has 30 heavy (non-hydrogen) atoms. The minimum absolute atomic E-state index is 0.0865. The van der Waals surface area contributed by atoms with E-state index in [-0.39, 0.29) is 18.9 Å². The minimum atomic E-state index is -1.18. The summed E-state index contributed by atoms with van der Waals surface area (Å²) < 4.78 is 0. The lowest BCUT2D eigenvalue weighted by atomic mass is 9.85. The lowest BCUT2D eigenvalue weighted by Crippen LogP contribution is -2.55. The molecule has 0 aromatic heterocycles. The van der Waals surface area contributed by atoms with Gasteiger partial charge in [-0.15, -0.1) is 0 Å². The predicted octanol–water partition coefficient (Wildman–Crippen LogP) is -1.23. The van der Waals surface area contributed by atoms with Crippen molar-refractivity contribution in [2.75, 3.05) is 13.2 Å². The number of guanidine groups is 1. The van der Waals surface area contributed by atoms with Crippen LogP contribution in [0.4, 0.5) is 0 Å². The summed E-state index contributed by atoms with van der Waals surface area (Å²) >= 11 is 0. The van der Waals surface area contributed by atoms with E-state index >= 15 is 0 Å². The number of aliphatic hydroxyl groups is 1. The molecule has 0 unspecified atom stereocenters. The third-order valence-corrected chi connectivity index (χ3v) is 5.31. The van der Waals surface area contributed by atoms with E-state index < -0.39 is 42.5 Å². The Labute approximate surface area is 176 Å². The summed E-state index contributed by atoms with van der Waals surface area (Å²) in [6.45, 7) is -0.305. The van der Waals surface area contributed by atoms with Crippen LogP contribution in [0.25, 0.3) is 0 Å². The number of aliphatic hydroxyl groups excluding tert-OH is 1. The summed E-state index contributed by atoms with van der Waals surface area (Å²) in [6, 6.07) is -3.20. The van der Waals surface area contributed by atoms with E-state index in [0.717, 1.165) is 32.1 Å². The summed E-state index contributed by atoms with van der Waals surface area (Å²) in [5, 5.41) is 23.5. The van der Waals surface area contributed by atoms with Crippen molar-refractivity contribution in [2.24, 2.45) is 28.1 Å². The lowest BCUT2D eigenvalue weighted by Gasteiger charge is -2.26. The largest absolute Gasteiger partial charge is 0.480 e. The Hall–Kier alpha value is -2.40. The second kappa shape index (κ2) is 13.8. The Kier molecular flexibility index (Phi) is 11.8. The highest BCUT2D eigenvalue weighted by atomic mass is 16.4. The van der Waals surface area contributed by atoms with Crippen molar-refractivity contribution in [3.63, 3.8) is 0 Å². The fourth-order valence-corrected chi connectivity index (χ4v) is 3.54. The number of aliphatic carboxylic acids is 1. The van der Waals surface area contributed by atoms with Crippen LogP contribution in [0.1, 0.15) is 57.8 Å². The molecule has 0 aromatic rings. The maximum absolute atomic E-state index is 12.8. The van der Waals surface area contributed by atoms with Gasteiger partial charge in [0.15, 0.2) is 5.96 Å². The molecule has 0 aromatic carbocycles. The lowest BCUT2D eigenvalue weighted by molar-refractivity contribution is -0.142. The zero-order valence-corrected chi connectivity index (χ0v) is 17.4. The number of hydrogen-bond donors (Lipinski definition) is 7. The van der Waals surface area contributed by atoms with Gasteiger partial charge in [-0.05, 0) is 31.6 Å². The molecule has 0 spiro atoms. The van der Waals surface area contributed by atoms with E-state index in [1.807, 2.05) is 0 Å². The fraction of sp³-hybridized carbons (Fsp3) is 0.789. The summed E-state index contributed by atoms with van der Waals surface area (Å²) in [5.41, 5.74) is 16.0. The quantitative estimate of drug-likeness (QED) is 0.107. The molecule has 11 heteroatoms. The Morgan fingerprint density at radius 1 is 1.00 bits per heavy atom. The van der Waals surface area contributed by atoms with Crippen LogP contribution in [0, 0.1) is 5.92 Å². The SMILES string of the molecule is NC(N)=NCCC[C@@H](NC(=O)[C@@H](CCC1CCCCC1)NC(=O)[C@H](N)CO)C(=O)O. The Morgan fingerprint density at radius 3 is 2.20 bits per heavy atom. The third kappa shape index (κ3) is 9.88. The van der Waals surface area contributed by atoms with Gasteiger partial charge < -0.3 is 38.0 Å². The molecule has 1 aliphatic rings. The molecule has 0 aliphatic heterocycles. The molecule has 172 valence electrons. The number of carboxylic acid groups (broad SMARTS) is 1. The van der Waals surface area contributed by atoms with Gasteiger partial charge in [-0.1, -0.05) is 32.1 Å². The van der Waals surface area contributed by atoms with E-state index in [9.17, 15) is 19.5 Å². The Bertz CT molecular complexity index is 590. The van der Waals surface area contributed by atoms with Crippen molar-refractivity contribution in [3.05, 3.63) is 0 Å². The minimum Gasteiger partial charge on any atom is -0.480 e. The number of amides is 2. The summed E-state index contributed by atoms with van der Waals surface area (Å²) in [6.07, 6.45) is 7.31. The van der Waals surface area contributed by atoms with Crippen molar-refractivity contribution in [3.8, 4) is 0 Å². The van der Waals surface area contributed by atoms with Crippen LogP contribution in [0.5, 0.6) is 0 Å². The van der Waals surface area contributed by atoms with Crippen molar-refractivity contribution >= 4 is 23.7 Å². The van der Waals surface area contributed by atoms with Crippen molar-refractivity contribution < 1.29 is 24.6 Å². The van der Waals surface area contributed by atoms with Crippen molar-refractivity contribution in [2.45, 2.75) is 75.9 Å². The number of aliphatic imine (C=N–C) groups is 1. The van der Waals surface area contributed by atoms with Gasteiger partial charge in [0.2, 0.25) is 11.8 Å². The van der Waals surface area contributed by atoms with Crippen LogP contribution >= 0.6 is 0 Å². The summed E-state index contributed by atoms with van der Waals surface area (Å²) in [4.78, 5) is 40.2. The molecule has 1 fully saturated rings. The average Bonchev–Trinajstić information content (AvgIpc) is 2.72. The Morgan fingerprint density at radius 2 is 1.63 bits per heavy atom. The van der Waals surface area contributed by atoms with Crippen LogP contribution in [-0.4, -0.2) is 65.2 Å². The summed E-state index contributed by atoms with van der Waals surface area (Å²) in [7, 11) is 0. The van der Waals surface area contributed by atoms with Crippen molar-refractivity contribution in [1.82, 2.24) is 10.6 Å². The number of carboxylic acids is 1. The smallest absolute Gasteiger partial charge is 0.326 e. The number of nitrogens with zero attached hydrogens (tertiary/aromatic N) is 1. The van der Waals surface area contributed by atoms with Crippen LogP contribution in [0.15, 0.2) is 4.99 Å². The highest BCUT2D eigenvalue weighted by molar-refractivity contribution is 5.91. The fourth-order valence-electron chi connectivity index (χ4n) is 3.54. The second-order valence-corrected chi connectivity index (χ2v) is 7.78. The zero-order valence-electron chi connectivity index (χ0n) is 17.4. The number of nitrogens with two attached hydrogens (primary N) is 3. The first-order valence-corrected chi connectivity index (χ1v) is 10.5. The van der Waals surface area contributed by atoms with Gasteiger partial charge in [0.25, 0.3) is 0 Å². The van der Waals surface area contributed by atoms with Gasteiger partial charge in [-0.25, -0.2) is 4.79 Å². The van der Waals surface area contributed by atoms with Crippen LogP contribution in [0.2, 0.25) is 0 Å². The molecule has 0 heterocycles. The third-order valence-electron chi connectivity index (χ3n) is 5.31. The topological polar surface area (TPSA) is 206 Å². The maximum Gasteiger partial charge on any atom is 0.326 e. The van der Waals surface area contributed by atoms with Crippen LogP contribution < -0.4 is 27.8 Å². The number of nitrogens with one attached hydrogen (secondary N) is 2. The van der Waals surface area contributed by atoms with E-state index in [0.29, 0.717) is 18.8 Å². The molecule has 1 aliphatic carbocycles. The molecular formula is C19H36N6O5. The van der Waals surface area contributed by atoms with Gasteiger partial charge in [0.05, 0.1) is 6.61 Å². The first-order valence-electron chi connectivity index (χ1n) is 10.5. The highest BCUT2D eigenvalue weighted by Crippen LogP contribution is 2.27. The van der Waals surface area contributed by atoms with E-state index in [4.69, 9.17) is 22.3 Å². The van der Waals surface area contributed by atoms with Gasteiger partial charge in [0, 0.05) is 6.54 Å². The molecule has 10 N–H and O–H groups in total. The number of hydrogen-bond acceptors (Lipinski definition) is 6. The summed E-state index contributed by atoms with van der Waals surface area (Å²) in [5.74, 6) is -2.03. The Balaban J connectivity index is 2.72. The molecule has 11 nitrogen and oxygen atoms in total. The highest BCUT2D eigenvalue weighted by Gasteiger charge is 2.28. The molecule has 2 amide bonds. The number of carbonyl (C=O) groups excluding carboxylic acids is 2. The maximum atomic E-state index is 12.8. The monoisotopic (exact) mass is 428 g/mol. The van der Waals surface area contributed by atoms with Crippen LogP contribution in [0.3, 0.4) is 0 Å². The molecule has 0 bridgehead atoms. The average molecular weight is 429 g/mol. The van der Waals surface area contributed by atoms with Gasteiger partial charge in [-0.3, -0.25) is 14.6 Å². The number of rotatable bonds is 13. The molecule has 1 saturated carbocycles. The molecule has 0 radical (unpaired) electrons. The van der Waals surface area contributed by atoms with E-state index in [1.54, 1.807) is 0 Å². The van der Waals surface area contributed by atoms with Crippen LogP contribution in [-0.2, 0) is 14.4 Å². The zero-order chi connectivity index (χ0) is 22.5. The van der Waals surface area contributed by atoms with E-state index in [2.05, 4.69) is 15.6 Å². The molecule has 3 atom stereocenters. The molecule has 1 rings (SSSR count). The second-order valence-electron chi connectivity index (χ2n) is 7.78. The molecular weight excluding hydrogens is 392 g/mol. The van der Waals surface area contributed by atoms with Gasteiger partial charge >= 0.3 is 5.97 Å². The predicted molar refractivity (Wildman–Crippen MR) is 112 cm³/mol. The van der Waals surface area contributed by atoms with Gasteiger partial charge in [-0.2, -0.15) is 0 Å². The standard InChI is InChI=1S/C19H36N6O5/c20-13(11-26)16(27)24-14(9-8-12-5-2-1-3-6-12)17(28)25-15(18(29)30)7-4-10-23-19(21)22/h12-15,26H,1-11,20H2,(H,24,27)(H,25,28)(H,29,30)(H4,21,22,23)/t13-,14-,15-/m1/s1.